The van der Waals surface area contributed by atoms with Gasteiger partial charge in [-0.15, -0.1) is 0 Å². The van der Waals surface area contributed by atoms with Crippen LogP contribution in [0.15, 0.2) is 23.2 Å². The number of hydrogen-bond donors (Lipinski definition) is 1. The lowest BCUT2D eigenvalue weighted by Crippen LogP contribution is -2.33. The number of nitrogens with two attached hydrogens (primary N) is 1. The van der Waals surface area contributed by atoms with E-state index in [0.29, 0.717) is 0 Å². The van der Waals surface area contributed by atoms with Crippen molar-refractivity contribution >= 4 is 11.9 Å². The van der Waals surface area contributed by atoms with E-state index in [-0.39, 0.29) is 11.6 Å². The number of nitrogens with zero attached hydrogens (tertiary/aromatic N) is 1. The maximum absolute atomic E-state index is 13.5. The molecular weight excluding hydrogens is 218 g/mol. The van der Waals surface area contributed by atoms with Crippen LogP contribution >= 0.6 is 0 Å². The number of hydrogen-bond acceptors (Lipinski definition) is 3. The molecule has 0 radical (unpaired) electrons. The van der Waals surface area contributed by atoms with Crippen molar-refractivity contribution in [2.45, 2.75) is 12.5 Å². The van der Waals surface area contributed by atoms with Gasteiger partial charge in [0.1, 0.15) is 11.6 Å². The molecule has 0 spiro atoms. The zero-order valence-corrected chi connectivity index (χ0v) is 8.33. The van der Waals surface area contributed by atoms with Gasteiger partial charge in [-0.1, -0.05) is 0 Å². The largest absolute Gasteiger partial charge is 0.443 e. The van der Waals surface area contributed by atoms with Gasteiger partial charge in [-0.2, -0.15) is 4.99 Å². The SMILES string of the molecule is CC1(c2cc(F)ccc2F)OC(N)=NC1=O. The molecule has 4 nitrogen and oxygen atoms in total. The number of carbonyl (C=O) groups excluding carboxylic acids is 1. The molecule has 1 amide bonds. The van der Waals surface area contributed by atoms with Crippen LogP contribution in [0, 0.1) is 11.6 Å². The molecule has 1 atom stereocenters. The first-order valence-corrected chi connectivity index (χ1v) is 4.46. The Morgan fingerprint density at radius 1 is 1.44 bits per heavy atom. The van der Waals surface area contributed by atoms with Crippen LogP contribution in [-0.2, 0) is 15.1 Å². The topological polar surface area (TPSA) is 64.7 Å². The van der Waals surface area contributed by atoms with Crippen molar-refractivity contribution in [2.24, 2.45) is 10.7 Å². The quantitative estimate of drug-likeness (QED) is 0.778. The van der Waals surface area contributed by atoms with E-state index in [9.17, 15) is 13.6 Å². The van der Waals surface area contributed by atoms with Gasteiger partial charge in [0.2, 0.25) is 5.60 Å². The first kappa shape index (κ1) is 10.5. The summed E-state index contributed by atoms with van der Waals surface area (Å²) in [5.74, 6) is -2.17. The Hall–Kier alpha value is -1.98. The van der Waals surface area contributed by atoms with Gasteiger partial charge in [0.15, 0.2) is 0 Å². The Balaban J connectivity index is 2.53. The highest BCUT2D eigenvalue weighted by Crippen LogP contribution is 2.32. The van der Waals surface area contributed by atoms with Crippen molar-refractivity contribution in [3.05, 3.63) is 35.4 Å². The molecule has 1 aliphatic rings. The molecule has 1 aromatic carbocycles. The van der Waals surface area contributed by atoms with E-state index in [2.05, 4.69) is 4.99 Å². The predicted molar refractivity (Wildman–Crippen MR) is 51.4 cm³/mol. The van der Waals surface area contributed by atoms with Crippen molar-refractivity contribution in [1.82, 2.24) is 0 Å². The molecule has 1 heterocycles. The smallest absolute Gasteiger partial charge is 0.299 e. The number of benzene rings is 1. The minimum absolute atomic E-state index is 0.221. The first-order chi connectivity index (χ1) is 7.43. The van der Waals surface area contributed by atoms with Crippen molar-refractivity contribution in [3.63, 3.8) is 0 Å². The van der Waals surface area contributed by atoms with E-state index < -0.39 is 23.1 Å². The monoisotopic (exact) mass is 226 g/mol. The molecular formula is C10H8F2N2O2. The van der Waals surface area contributed by atoms with Gasteiger partial charge in [0.05, 0.1) is 0 Å². The van der Waals surface area contributed by atoms with E-state index in [1.54, 1.807) is 0 Å². The summed E-state index contributed by atoms with van der Waals surface area (Å²) < 4.78 is 31.4. The average molecular weight is 226 g/mol. The molecule has 6 heteroatoms. The fourth-order valence-corrected chi connectivity index (χ4v) is 1.52. The first-order valence-electron chi connectivity index (χ1n) is 4.46. The number of aliphatic imine (C=N–C) groups is 1. The molecule has 2 N–H and O–H groups in total. The maximum atomic E-state index is 13.5. The Bertz CT molecular complexity index is 502. The van der Waals surface area contributed by atoms with Crippen LogP contribution in [0.25, 0.3) is 0 Å². The number of amidine groups is 1. The van der Waals surface area contributed by atoms with Gasteiger partial charge in [0.25, 0.3) is 11.9 Å². The van der Waals surface area contributed by atoms with Crippen molar-refractivity contribution in [1.29, 1.82) is 0 Å². The van der Waals surface area contributed by atoms with Gasteiger partial charge in [-0.05, 0) is 25.1 Å². The number of rotatable bonds is 1. The van der Waals surface area contributed by atoms with Gasteiger partial charge in [0, 0.05) is 5.56 Å². The second-order valence-corrected chi connectivity index (χ2v) is 3.51. The maximum Gasteiger partial charge on any atom is 0.299 e. The van der Waals surface area contributed by atoms with Gasteiger partial charge >= 0.3 is 0 Å². The second-order valence-electron chi connectivity index (χ2n) is 3.51. The standard InChI is InChI=1S/C10H8F2N2O2/c1-10(8(15)14-9(13)16-10)6-4-5(11)2-3-7(6)12/h2-4H,1H3,(H2,13,14,15). The minimum atomic E-state index is -1.68. The van der Waals surface area contributed by atoms with E-state index in [0.717, 1.165) is 18.2 Å². The summed E-state index contributed by atoms with van der Waals surface area (Å²) in [5, 5.41) is 0. The molecule has 84 valence electrons. The molecule has 1 unspecified atom stereocenters. The van der Waals surface area contributed by atoms with E-state index in [1.165, 1.54) is 6.92 Å². The molecule has 1 aliphatic heterocycles. The zero-order chi connectivity index (χ0) is 11.9. The molecule has 1 aromatic rings. The molecule has 16 heavy (non-hydrogen) atoms. The lowest BCUT2D eigenvalue weighted by molar-refractivity contribution is -0.130. The van der Waals surface area contributed by atoms with Crippen LogP contribution in [0.1, 0.15) is 12.5 Å². The highest BCUT2D eigenvalue weighted by Gasteiger charge is 2.45. The van der Waals surface area contributed by atoms with Gasteiger partial charge in [-0.3, -0.25) is 4.79 Å². The number of halogens is 2. The van der Waals surface area contributed by atoms with Crippen molar-refractivity contribution in [2.75, 3.05) is 0 Å². The van der Waals surface area contributed by atoms with Gasteiger partial charge < -0.3 is 10.5 Å². The predicted octanol–water partition coefficient (Wildman–Crippen LogP) is 1.05. The van der Waals surface area contributed by atoms with E-state index >= 15 is 0 Å². The molecule has 0 saturated heterocycles. The molecule has 0 bridgehead atoms. The summed E-state index contributed by atoms with van der Waals surface area (Å²) in [6, 6.07) is 2.41. The van der Waals surface area contributed by atoms with Crippen LogP contribution < -0.4 is 5.73 Å². The molecule has 2 rings (SSSR count). The Kier molecular flexibility index (Phi) is 2.15. The number of carbonyl (C=O) groups is 1. The fourth-order valence-electron chi connectivity index (χ4n) is 1.52. The highest BCUT2D eigenvalue weighted by molar-refractivity contribution is 6.01. The van der Waals surface area contributed by atoms with Crippen LogP contribution in [0.4, 0.5) is 8.78 Å². The van der Waals surface area contributed by atoms with Crippen LogP contribution in [0.5, 0.6) is 0 Å². The van der Waals surface area contributed by atoms with Gasteiger partial charge in [-0.25, -0.2) is 8.78 Å². The van der Waals surface area contributed by atoms with Crippen LogP contribution in [0.2, 0.25) is 0 Å². The van der Waals surface area contributed by atoms with E-state index in [4.69, 9.17) is 10.5 Å². The highest BCUT2D eigenvalue weighted by atomic mass is 19.1. The van der Waals surface area contributed by atoms with Crippen molar-refractivity contribution < 1.29 is 18.3 Å². The number of amides is 1. The zero-order valence-electron chi connectivity index (χ0n) is 8.33. The third kappa shape index (κ3) is 1.42. The van der Waals surface area contributed by atoms with Crippen LogP contribution in [0.3, 0.4) is 0 Å². The Labute approximate surface area is 89.7 Å². The van der Waals surface area contributed by atoms with Crippen LogP contribution in [-0.4, -0.2) is 11.9 Å². The minimum Gasteiger partial charge on any atom is -0.443 e. The summed E-state index contributed by atoms with van der Waals surface area (Å²) in [5.41, 5.74) is 3.31. The van der Waals surface area contributed by atoms with E-state index in [1.807, 2.05) is 0 Å². The Morgan fingerprint density at radius 2 is 2.12 bits per heavy atom. The summed E-state index contributed by atoms with van der Waals surface area (Å²) in [4.78, 5) is 14.8. The lowest BCUT2D eigenvalue weighted by Gasteiger charge is -2.21. The molecule has 0 aromatic heterocycles. The Morgan fingerprint density at radius 3 is 2.69 bits per heavy atom. The summed E-state index contributed by atoms with van der Waals surface area (Å²) in [7, 11) is 0. The third-order valence-corrected chi connectivity index (χ3v) is 2.37. The summed E-state index contributed by atoms with van der Waals surface area (Å²) in [6.07, 6.45) is 0. The van der Waals surface area contributed by atoms with Crippen molar-refractivity contribution in [3.8, 4) is 0 Å². The number of ether oxygens (including phenoxy) is 1. The normalized spacial score (nSPS) is 24.2. The fraction of sp³-hybridized carbons (Fsp3) is 0.200. The summed E-state index contributed by atoms with van der Waals surface area (Å²) in [6.45, 7) is 1.29. The second kappa shape index (κ2) is 3.26. The third-order valence-electron chi connectivity index (χ3n) is 2.37. The molecule has 0 saturated carbocycles. The average Bonchev–Trinajstić information content (AvgIpc) is 2.46. The molecule has 0 aliphatic carbocycles. The molecule has 0 fully saturated rings. The lowest BCUT2D eigenvalue weighted by atomic mass is 9.95. The summed E-state index contributed by atoms with van der Waals surface area (Å²) >= 11 is 0.